The summed E-state index contributed by atoms with van der Waals surface area (Å²) in [5.74, 6) is 0.467. The van der Waals surface area contributed by atoms with Crippen molar-refractivity contribution in [2.75, 3.05) is 11.5 Å². The number of rotatable bonds is 7. The van der Waals surface area contributed by atoms with Crippen LogP contribution in [-0.4, -0.2) is 24.5 Å². The molecule has 24 heavy (non-hydrogen) atoms. The topological polar surface area (TPSA) is 63.2 Å². The maximum Gasteiger partial charge on any atom is 0.292 e. The monoisotopic (exact) mass is 345 g/mol. The molecule has 1 aromatic heterocycles. The summed E-state index contributed by atoms with van der Waals surface area (Å²) in [6, 6.07) is 10.8. The van der Waals surface area contributed by atoms with Gasteiger partial charge in [-0.05, 0) is 42.1 Å². The van der Waals surface area contributed by atoms with Gasteiger partial charge in [0.25, 0.3) is 5.91 Å². The first-order chi connectivity index (χ1) is 11.7. The number of benzene rings is 1. The Hall–Kier alpha value is -2.18. The molecule has 2 N–H and O–H groups in total. The summed E-state index contributed by atoms with van der Waals surface area (Å²) in [7, 11) is 0. The Bertz CT molecular complexity index is 698. The molecule has 1 aromatic carbocycles. The molecule has 1 aliphatic rings. The number of imide groups is 1. The number of nitrogens with zero attached hydrogens (tertiary/aromatic N) is 1. The molecule has 2 amide bonds. The fourth-order valence-corrected chi connectivity index (χ4v) is 3.39. The van der Waals surface area contributed by atoms with Gasteiger partial charge in [0.2, 0.25) is 5.91 Å². The predicted molar refractivity (Wildman–Crippen MR) is 93.1 cm³/mol. The largest absolute Gasteiger partial charge is 0.494 e. The van der Waals surface area contributed by atoms with E-state index in [4.69, 9.17) is 4.74 Å². The molecule has 6 heteroatoms. The van der Waals surface area contributed by atoms with E-state index in [2.05, 4.69) is 0 Å². The predicted octanol–water partition coefficient (Wildman–Crippen LogP) is 1.93. The maximum absolute atomic E-state index is 12.6. The van der Waals surface area contributed by atoms with Crippen LogP contribution >= 0.6 is 11.3 Å². The lowest BCUT2D eigenvalue weighted by atomic mass is 10.2. The molecule has 0 bridgehead atoms. The van der Waals surface area contributed by atoms with Crippen molar-refractivity contribution >= 4 is 28.8 Å². The molecule has 2 aromatic rings. The second-order valence-corrected chi connectivity index (χ2v) is 6.77. The van der Waals surface area contributed by atoms with E-state index in [0.717, 1.165) is 18.7 Å². The number of ether oxygens (including phenoxy) is 1. The van der Waals surface area contributed by atoms with Crippen molar-refractivity contribution in [3.8, 4) is 5.75 Å². The van der Waals surface area contributed by atoms with Crippen molar-refractivity contribution in [2.24, 2.45) is 0 Å². The second-order valence-electron chi connectivity index (χ2n) is 5.74. The third kappa shape index (κ3) is 3.66. The lowest BCUT2D eigenvalue weighted by Gasteiger charge is -2.15. The zero-order valence-electron chi connectivity index (χ0n) is 13.6. The second kappa shape index (κ2) is 7.59. The fraction of sp³-hybridized carbons (Fsp3) is 0.333. The van der Waals surface area contributed by atoms with Gasteiger partial charge in [-0.2, -0.15) is 0 Å². The molecule has 0 unspecified atom stereocenters. The van der Waals surface area contributed by atoms with Crippen molar-refractivity contribution in [1.82, 2.24) is 0 Å². The highest BCUT2D eigenvalue weighted by Crippen LogP contribution is 2.24. The third-order valence-electron chi connectivity index (χ3n) is 3.93. The molecule has 1 saturated heterocycles. The van der Waals surface area contributed by atoms with Crippen molar-refractivity contribution in [3.63, 3.8) is 0 Å². The van der Waals surface area contributed by atoms with Crippen LogP contribution in [0.2, 0.25) is 0 Å². The molecule has 0 spiro atoms. The molecular formula is C18H21N2O3S+. The summed E-state index contributed by atoms with van der Waals surface area (Å²) in [5, 5.41) is 3.96. The van der Waals surface area contributed by atoms with E-state index in [1.54, 1.807) is 35.6 Å². The van der Waals surface area contributed by atoms with Gasteiger partial charge in [-0.15, -0.1) is 11.3 Å². The number of amides is 2. The van der Waals surface area contributed by atoms with E-state index in [9.17, 15) is 9.59 Å². The number of hydrogen-bond donors (Lipinski definition) is 1. The molecule has 0 aliphatic carbocycles. The van der Waals surface area contributed by atoms with Crippen LogP contribution in [0, 0.1) is 0 Å². The molecule has 2 heterocycles. The van der Waals surface area contributed by atoms with Gasteiger partial charge in [-0.1, -0.05) is 13.0 Å². The lowest BCUT2D eigenvalue weighted by Crippen LogP contribution is -2.90. The highest BCUT2D eigenvalue weighted by molar-refractivity contribution is 7.09. The number of nitrogens with two attached hydrogens (primary N) is 1. The Kier molecular flexibility index (Phi) is 5.27. The molecule has 126 valence electrons. The summed E-state index contributed by atoms with van der Waals surface area (Å²) in [6.07, 6.45) is 1.19. The Labute approximate surface area is 145 Å². The Morgan fingerprint density at radius 2 is 2.04 bits per heavy atom. The number of hydrogen-bond acceptors (Lipinski definition) is 4. The molecule has 0 saturated carbocycles. The third-order valence-corrected chi connectivity index (χ3v) is 4.83. The van der Waals surface area contributed by atoms with Gasteiger partial charge < -0.3 is 10.1 Å². The average Bonchev–Trinajstić information content (AvgIpc) is 3.20. The van der Waals surface area contributed by atoms with E-state index in [1.165, 1.54) is 9.78 Å². The highest BCUT2D eigenvalue weighted by Gasteiger charge is 2.42. The van der Waals surface area contributed by atoms with Gasteiger partial charge in [0.05, 0.1) is 23.6 Å². The summed E-state index contributed by atoms with van der Waals surface area (Å²) in [5.41, 5.74) is 0.612. The van der Waals surface area contributed by atoms with Gasteiger partial charge in [0.15, 0.2) is 6.04 Å². The first-order valence-electron chi connectivity index (χ1n) is 8.14. The van der Waals surface area contributed by atoms with Gasteiger partial charge in [0.1, 0.15) is 12.3 Å². The minimum atomic E-state index is -0.337. The van der Waals surface area contributed by atoms with Crippen LogP contribution in [0.15, 0.2) is 41.8 Å². The quantitative estimate of drug-likeness (QED) is 0.780. The fourth-order valence-electron chi connectivity index (χ4n) is 2.71. The standard InChI is InChI=1S/C18H20N2O3S/c1-2-9-23-14-7-5-13(6-8-14)20-17(21)11-16(18(20)22)19-12-15-4-3-10-24-15/h3-8,10,16,19H,2,9,11-12H2,1H3/p+1/t16-/m1/s1. The molecular weight excluding hydrogens is 324 g/mol. The van der Waals surface area contributed by atoms with Crippen molar-refractivity contribution < 1.29 is 19.6 Å². The van der Waals surface area contributed by atoms with Crippen LogP contribution in [0.5, 0.6) is 5.75 Å². The van der Waals surface area contributed by atoms with Crippen LogP contribution in [0.1, 0.15) is 24.6 Å². The van der Waals surface area contributed by atoms with Crippen LogP contribution in [0.3, 0.4) is 0 Å². The van der Waals surface area contributed by atoms with E-state index < -0.39 is 0 Å². The van der Waals surface area contributed by atoms with E-state index in [1.807, 2.05) is 29.8 Å². The lowest BCUT2D eigenvalue weighted by molar-refractivity contribution is -0.689. The van der Waals surface area contributed by atoms with Gasteiger partial charge >= 0.3 is 0 Å². The number of anilines is 1. The van der Waals surface area contributed by atoms with Gasteiger partial charge in [-0.3, -0.25) is 9.59 Å². The molecule has 5 nitrogen and oxygen atoms in total. The summed E-state index contributed by atoms with van der Waals surface area (Å²) < 4.78 is 5.53. The number of quaternary nitrogens is 1. The maximum atomic E-state index is 12.6. The Morgan fingerprint density at radius 3 is 2.71 bits per heavy atom. The summed E-state index contributed by atoms with van der Waals surface area (Å²) >= 11 is 1.66. The smallest absolute Gasteiger partial charge is 0.292 e. The van der Waals surface area contributed by atoms with Crippen LogP contribution in [-0.2, 0) is 16.1 Å². The van der Waals surface area contributed by atoms with E-state index in [0.29, 0.717) is 12.3 Å². The Balaban J connectivity index is 1.65. The van der Waals surface area contributed by atoms with Crippen molar-refractivity contribution in [2.45, 2.75) is 32.4 Å². The number of carbonyl (C=O) groups excluding carboxylic acids is 2. The van der Waals surface area contributed by atoms with E-state index >= 15 is 0 Å². The minimum absolute atomic E-state index is 0.140. The molecule has 1 aliphatic heterocycles. The SMILES string of the molecule is CCCOc1ccc(N2C(=O)C[C@@H]([NH2+]Cc3cccs3)C2=O)cc1. The average molecular weight is 345 g/mol. The van der Waals surface area contributed by atoms with Crippen molar-refractivity contribution in [3.05, 3.63) is 46.7 Å². The van der Waals surface area contributed by atoms with Crippen LogP contribution in [0.4, 0.5) is 5.69 Å². The minimum Gasteiger partial charge on any atom is -0.494 e. The zero-order chi connectivity index (χ0) is 16.9. The summed E-state index contributed by atoms with van der Waals surface area (Å²) in [4.78, 5) is 27.3. The molecule has 0 radical (unpaired) electrons. The van der Waals surface area contributed by atoms with Gasteiger partial charge in [-0.25, -0.2) is 4.90 Å². The number of thiophene rings is 1. The Morgan fingerprint density at radius 1 is 1.25 bits per heavy atom. The van der Waals surface area contributed by atoms with Crippen molar-refractivity contribution in [1.29, 1.82) is 0 Å². The summed E-state index contributed by atoms with van der Waals surface area (Å²) in [6.45, 7) is 3.42. The normalized spacial score (nSPS) is 17.5. The van der Waals surface area contributed by atoms with Gasteiger partial charge in [0, 0.05) is 0 Å². The van der Waals surface area contributed by atoms with E-state index in [-0.39, 0.29) is 24.3 Å². The first kappa shape index (κ1) is 16.7. The highest BCUT2D eigenvalue weighted by atomic mass is 32.1. The first-order valence-corrected chi connectivity index (χ1v) is 9.02. The molecule has 3 rings (SSSR count). The number of carbonyl (C=O) groups is 2. The van der Waals surface area contributed by atoms with Crippen LogP contribution < -0.4 is 15.0 Å². The van der Waals surface area contributed by atoms with Crippen LogP contribution in [0.25, 0.3) is 0 Å². The zero-order valence-corrected chi connectivity index (χ0v) is 14.4. The molecule has 1 fully saturated rings. The molecule has 1 atom stereocenters.